The maximum atomic E-state index is 11.9. The standard InChI is InChI=1S/C13H12ClNO3/c1-3-15-10(13(17)18)6-11(16)8-4-5-9(14)7(2)12(8)15/h4-6H,3H2,1-2H3,(H,17,18). The van der Waals surface area contributed by atoms with E-state index in [1.54, 1.807) is 23.6 Å². The number of aromatic carboxylic acids is 1. The molecule has 0 bridgehead atoms. The van der Waals surface area contributed by atoms with E-state index in [0.29, 0.717) is 22.5 Å². The number of hydrogen-bond donors (Lipinski definition) is 1. The van der Waals surface area contributed by atoms with Gasteiger partial charge < -0.3 is 9.67 Å². The fraction of sp³-hybridized carbons (Fsp3) is 0.231. The van der Waals surface area contributed by atoms with Gasteiger partial charge in [-0.3, -0.25) is 4.79 Å². The summed E-state index contributed by atoms with van der Waals surface area (Å²) in [6, 6.07) is 4.44. The molecule has 1 heterocycles. The lowest BCUT2D eigenvalue weighted by Crippen LogP contribution is -2.18. The van der Waals surface area contributed by atoms with Crippen molar-refractivity contribution < 1.29 is 9.90 Å². The van der Waals surface area contributed by atoms with Gasteiger partial charge in [-0.05, 0) is 31.5 Å². The Kier molecular flexibility index (Phi) is 3.13. The number of benzene rings is 1. The number of halogens is 1. The first-order valence-corrected chi connectivity index (χ1v) is 5.91. The molecule has 0 radical (unpaired) electrons. The van der Waals surface area contributed by atoms with Gasteiger partial charge in [0.1, 0.15) is 5.69 Å². The fourth-order valence-corrected chi connectivity index (χ4v) is 2.28. The Hall–Kier alpha value is -1.81. The van der Waals surface area contributed by atoms with Crippen molar-refractivity contribution in [3.63, 3.8) is 0 Å². The molecule has 0 amide bonds. The van der Waals surface area contributed by atoms with Crippen LogP contribution in [0.3, 0.4) is 0 Å². The third kappa shape index (κ3) is 1.78. The van der Waals surface area contributed by atoms with E-state index < -0.39 is 5.97 Å². The number of hydrogen-bond acceptors (Lipinski definition) is 2. The quantitative estimate of drug-likeness (QED) is 0.908. The molecule has 0 aliphatic rings. The third-order valence-corrected chi connectivity index (χ3v) is 3.40. The Morgan fingerprint density at radius 2 is 2.11 bits per heavy atom. The fourth-order valence-electron chi connectivity index (χ4n) is 2.13. The number of nitrogens with zero attached hydrogens (tertiary/aromatic N) is 1. The molecule has 2 aromatic rings. The van der Waals surface area contributed by atoms with Crippen molar-refractivity contribution in [1.82, 2.24) is 4.57 Å². The second kappa shape index (κ2) is 4.46. The van der Waals surface area contributed by atoms with Crippen LogP contribution in [0.4, 0.5) is 0 Å². The first kappa shape index (κ1) is 12.6. The van der Waals surface area contributed by atoms with Gasteiger partial charge in [-0.25, -0.2) is 4.79 Å². The zero-order valence-corrected chi connectivity index (χ0v) is 10.8. The van der Waals surface area contributed by atoms with E-state index in [2.05, 4.69) is 0 Å². The molecule has 0 aliphatic heterocycles. The molecule has 0 unspecified atom stereocenters. The van der Waals surface area contributed by atoms with Crippen molar-refractivity contribution in [2.24, 2.45) is 0 Å². The van der Waals surface area contributed by atoms with Crippen molar-refractivity contribution >= 4 is 28.5 Å². The van der Waals surface area contributed by atoms with Gasteiger partial charge in [-0.2, -0.15) is 0 Å². The van der Waals surface area contributed by atoms with Gasteiger partial charge in [-0.1, -0.05) is 11.6 Å². The second-order valence-corrected chi connectivity index (χ2v) is 4.42. The second-order valence-electron chi connectivity index (χ2n) is 4.01. The number of carboxylic acids is 1. The zero-order valence-electron chi connectivity index (χ0n) is 10.0. The molecule has 1 aromatic carbocycles. The molecule has 1 aromatic heterocycles. The van der Waals surface area contributed by atoms with Gasteiger partial charge in [0.05, 0.1) is 5.52 Å². The van der Waals surface area contributed by atoms with Crippen LogP contribution in [-0.4, -0.2) is 15.6 Å². The summed E-state index contributed by atoms with van der Waals surface area (Å²) in [6.07, 6.45) is 0. The summed E-state index contributed by atoms with van der Waals surface area (Å²) in [5.41, 5.74) is 0.998. The first-order valence-electron chi connectivity index (χ1n) is 5.53. The van der Waals surface area contributed by atoms with E-state index in [9.17, 15) is 9.59 Å². The minimum Gasteiger partial charge on any atom is -0.477 e. The van der Waals surface area contributed by atoms with Crippen LogP contribution in [0.1, 0.15) is 23.0 Å². The highest BCUT2D eigenvalue weighted by molar-refractivity contribution is 6.32. The molecule has 18 heavy (non-hydrogen) atoms. The monoisotopic (exact) mass is 265 g/mol. The van der Waals surface area contributed by atoms with Crippen LogP contribution in [-0.2, 0) is 6.54 Å². The highest BCUT2D eigenvalue weighted by Gasteiger charge is 2.15. The number of rotatable bonds is 2. The SMILES string of the molecule is CCn1c(C(=O)O)cc(=O)c2ccc(Cl)c(C)c21. The average Bonchev–Trinajstić information content (AvgIpc) is 2.33. The van der Waals surface area contributed by atoms with Gasteiger partial charge in [0.2, 0.25) is 0 Å². The molecule has 0 saturated carbocycles. The van der Waals surface area contributed by atoms with Crippen LogP contribution in [0, 0.1) is 6.92 Å². The van der Waals surface area contributed by atoms with E-state index >= 15 is 0 Å². The molecule has 5 heteroatoms. The molecule has 0 fully saturated rings. The predicted molar refractivity (Wildman–Crippen MR) is 70.6 cm³/mol. The number of fused-ring (bicyclic) bond motifs is 1. The van der Waals surface area contributed by atoms with E-state index in [0.717, 1.165) is 11.6 Å². The molecular weight excluding hydrogens is 254 g/mol. The van der Waals surface area contributed by atoms with Gasteiger partial charge in [-0.15, -0.1) is 0 Å². The van der Waals surface area contributed by atoms with Crippen molar-refractivity contribution in [1.29, 1.82) is 0 Å². The summed E-state index contributed by atoms with van der Waals surface area (Å²) in [5.74, 6) is -1.12. The number of pyridine rings is 1. The summed E-state index contributed by atoms with van der Waals surface area (Å²) >= 11 is 6.04. The van der Waals surface area contributed by atoms with Gasteiger partial charge >= 0.3 is 5.97 Å². The summed E-state index contributed by atoms with van der Waals surface area (Å²) in [7, 11) is 0. The number of aryl methyl sites for hydroxylation is 2. The summed E-state index contributed by atoms with van der Waals surface area (Å²) in [4.78, 5) is 23.1. The van der Waals surface area contributed by atoms with E-state index in [1.165, 1.54) is 0 Å². The molecule has 1 N–H and O–H groups in total. The minimum atomic E-state index is -1.12. The van der Waals surface area contributed by atoms with Crippen molar-refractivity contribution in [3.8, 4) is 0 Å². The lowest BCUT2D eigenvalue weighted by atomic mass is 10.1. The van der Waals surface area contributed by atoms with Crippen molar-refractivity contribution in [3.05, 3.63) is 44.7 Å². The topological polar surface area (TPSA) is 59.3 Å². The minimum absolute atomic E-state index is 0.0135. The Labute approximate surface area is 108 Å². The highest BCUT2D eigenvalue weighted by Crippen LogP contribution is 2.24. The summed E-state index contributed by atoms with van der Waals surface area (Å²) in [6.45, 7) is 4.07. The Morgan fingerprint density at radius 3 is 2.67 bits per heavy atom. The first-order chi connectivity index (χ1) is 8.47. The maximum absolute atomic E-state index is 11.9. The van der Waals surface area contributed by atoms with Gasteiger partial charge in [0, 0.05) is 23.0 Å². The van der Waals surface area contributed by atoms with Crippen molar-refractivity contribution in [2.45, 2.75) is 20.4 Å². The van der Waals surface area contributed by atoms with Crippen LogP contribution in [0.5, 0.6) is 0 Å². The van der Waals surface area contributed by atoms with Crippen LogP contribution in [0.25, 0.3) is 10.9 Å². The lowest BCUT2D eigenvalue weighted by molar-refractivity contribution is 0.0685. The van der Waals surface area contributed by atoms with Crippen molar-refractivity contribution in [2.75, 3.05) is 0 Å². The van der Waals surface area contributed by atoms with Gasteiger partial charge in [0.25, 0.3) is 0 Å². The lowest BCUT2D eigenvalue weighted by Gasteiger charge is -2.15. The van der Waals surface area contributed by atoms with E-state index in [-0.39, 0.29) is 11.1 Å². The maximum Gasteiger partial charge on any atom is 0.352 e. The summed E-state index contributed by atoms with van der Waals surface area (Å²) in [5, 5.41) is 10.2. The molecule has 0 saturated heterocycles. The van der Waals surface area contributed by atoms with E-state index in [1.807, 2.05) is 6.92 Å². The predicted octanol–water partition coefficient (Wildman–Crippen LogP) is 2.68. The number of aromatic nitrogens is 1. The van der Waals surface area contributed by atoms with Crippen LogP contribution in [0.2, 0.25) is 5.02 Å². The molecule has 0 aliphatic carbocycles. The Balaban J connectivity index is 3.07. The van der Waals surface area contributed by atoms with Crippen LogP contribution >= 0.6 is 11.6 Å². The highest BCUT2D eigenvalue weighted by atomic mass is 35.5. The van der Waals surface area contributed by atoms with Gasteiger partial charge in [0.15, 0.2) is 5.43 Å². The molecule has 2 rings (SSSR count). The van der Waals surface area contributed by atoms with Crippen LogP contribution < -0.4 is 5.43 Å². The summed E-state index contributed by atoms with van der Waals surface area (Å²) < 4.78 is 1.60. The number of carboxylic acid groups (broad SMARTS) is 1. The normalized spacial score (nSPS) is 10.8. The molecular formula is C13H12ClNO3. The smallest absolute Gasteiger partial charge is 0.352 e. The zero-order chi connectivity index (χ0) is 13.4. The molecule has 0 spiro atoms. The molecule has 0 atom stereocenters. The van der Waals surface area contributed by atoms with E-state index in [4.69, 9.17) is 16.7 Å². The third-order valence-electron chi connectivity index (χ3n) is 2.99. The Morgan fingerprint density at radius 1 is 1.44 bits per heavy atom. The Bertz CT molecular complexity index is 703. The molecule has 94 valence electrons. The molecule has 4 nitrogen and oxygen atoms in total. The average molecular weight is 266 g/mol. The largest absolute Gasteiger partial charge is 0.477 e. The number of carbonyl (C=O) groups is 1. The van der Waals surface area contributed by atoms with Crippen LogP contribution in [0.15, 0.2) is 23.0 Å².